The molecule has 1 aromatic carbocycles. The Balaban J connectivity index is 2.42. The van der Waals surface area contributed by atoms with Gasteiger partial charge in [-0.25, -0.2) is 18.3 Å². The molecular formula is C15H15N3O4S. The summed E-state index contributed by atoms with van der Waals surface area (Å²) in [6, 6.07) is 6.01. The van der Waals surface area contributed by atoms with Crippen molar-refractivity contribution in [1.29, 1.82) is 0 Å². The van der Waals surface area contributed by atoms with Crippen molar-refractivity contribution in [2.75, 3.05) is 0 Å². The predicted octanol–water partition coefficient (Wildman–Crippen LogP) is 1.73. The molecule has 2 rings (SSSR count). The van der Waals surface area contributed by atoms with Gasteiger partial charge in [-0.15, -0.1) is 5.10 Å². The number of benzene rings is 1. The summed E-state index contributed by atoms with van der Waals surface area (Å²) in [7, 11) is -4.06. The van der Waals surface area contributed by atoms with E-state index < -0.39 is 26.5 Å². The molecule has 0 fully saturated rings. The number of nitrogens with zero attached hydrogens (tertiary/aromatic N) is 2. The van der Waals surface area contributed by atoms with Gasteiger partial charge in [0.25, 0.3) is 0 Å². The average Bonchev–Trinajstić information content (AvgIpc) is 2.97. The van der Waals surface area contributed by atoms with Crippen molar-refractivity contribution in [3.63, 3.8) is 0 Å². The Kier molecular flexibility index (Phi) is 4.81. The molecule has 1 aromatic heterocycles. The van der Waals surface area contributed by atoms with Crippen LogP contribution >= 0.6 is 0 Å². The molecule has 0 aliphatic heterocycles. The van der Waals surface area contributed by atoms with E-state index in [1.807, 2.05) is 13.8 Å². The normalized spacial score (nSPS) is 11.1. The number of hydrogen-bond donors (Lipinski definition) is 2. The SMILES string of the molecule is CC(C)CC#Cc1cccc(S(=O)(=O)c2[nH]nnc2C(=O)O)c1. The van der Waals surface area contributed by atoms with Crippen LogP contribution in [0, 0.1) is 17.8 Å². The summed E-state index contributed by atoms with van der Waals surface area (Å²) < 4.78 is 25.1. The number of hydrogen-bond acceptors (Lipinski definition) is 5. The van der Waals surface area contributed by atoms with Crippen LogP contribution in [-0.2, 0) is 9.84 Å². The first-order chi connectivity index (χ1) is 10.8. The van der Waals surface area contributed by atoms with E-state index in [1.54, 1.807) is 12.1 Å². The van der Waals surface area contributed by atoms with Crippen LogP contribution in [0.25, 0.3) is 0 Å². The van der Waals surface area contributed by atoms with Crippen molar-refractivity contribution in [2.24, 2.45) is 5.92 Å². The highest BCUT2D eigenvalue weighted by Crippen LogP contribution is 2.21. The summed E-state index contributed by atoms with van der Waals surface area (Å²) in [5.41, 5.74) is -0.0997. The van der Waals surface area contributed by atoms with E-state index in [-0.39, 0.29) is 4.90 Å². The molecule has 120 valence electrons. The first kappa shape index (κ1) is 16.7. The Morgan fingerprint density at radius 1 is 1.39 bits per heavy atom. The molecular weight excluding hydrogens is 318 g/mol. The number of aromatic carboxylic acids is 1. The van der Waals surface area contributed by atoms with Gasteiger partial charge in [0.15, 0.2) is 5.03 Å². The van der Waals surface area contributed by atoms with E-state index >= 15 is 0 Å². The number of carboxylic acid groups (broad SMARTS) is 1. The van der Waals surface area contributed by atoms with Crippen LogP contribution in [0.4, 0.5) is 0 Å². The largest absolute Gasteiger partial charge is 0.476 e. The van der Waals surface area contributed by atoms with Crippen LogP contribution in [0.5, 0.6) is 0 Å². The third-order valence-corrected chi connectivity index (χ3v) is 4.57. The highest BCUT2D eigenvalue weighted by atomic mass is 32.2. The van der Waals surface area contributed by atoms with Crippen molar-refractivity contribution in [3.05, 3.63) is 35.5 Å². The topological polar surface area (TPSA) is 113 Å². The third kappa shape index (κ3) is 3.76. The number of carbonyl (C=O) groups is 1. The number of aromatic amines is 1. The first-order valence-corrected chi connectivity index (χ1v) is 8.29. The van der Waals surface area contributed by atoms with Crippen LogP contribution in [0.1, 0.15) is 36.3 Å². The number of carboxylic acids is 1. The molecule has 0 unspecified atom stereocenters. The maximum atomic E-state index is 12.5. The molecule has 0 saturated carbocycles. The summed E-state index contributed by atoms with van der Waals surface area (Å²) in [5, 5.41) is 17.1. The molecule has 23 heavy (non-hydrogen) atoms. The highest BCUT2D eigenvalue weighted by Gasteiger charge is 2.28. The first-order valence-electron chi connectivity index (χ1n) is 6.80. The molecule has 0 bridgehead atoms. The summed E-state index contributed by atoms with van der Waals surface area (Å²) in [6.07, 6.45) is 0.699. The van der Waals surface area contributed by atoms with Gasteiger partial charge in [0.05, 0.1) is 4.90 Å². The van der Waals surface area contributed by atoms with Gasteiger partial charge < -0.3 is 5.11 Å². The lowest BCUT2D eigenvalue weighted by atomic mass is 10.1. The standard InChI is InChI=1S/C15H15N3O4S/c1-10(2)5-3-6-11-7-4-8-12(9-11)23(21,22)14-13(15(19)20)16-18-17-14/h4,7-10H,5H2,1-2H3,(H,19,20)(H,16,17,18). The van der Waals surface area contributed by atoms with Gasteiger partial charge in [0.2, 0.25) is 15.5 Å². The lowest BCUT2D eigenvalue weighted by Crippen LogP contribution is -2.09. The zero-order valence-corrected chi connectivity index (χ0v) is 13.4. The van der Waals surface area contributed by atoms with Crippen LogP contribution in [-0.4, -0.2) is 34.9 Å². The summed E-state index contributed by atoms with van der Waals surface area (Å²) >= 11 is 0. The second-order valence-corrected chi connectivity index (χ2v) is 7.11. The van der Waals surface area contributed by atoms with Gasteiger partial charge in [-0.2, -0.15) is 0 Å². The zero-order valence-electron chi connectivity index (χ0n) is 12.6. The number of aromatic nitrogens is 3. The molecule has 0 amide bonds. The van der Waals surface area contributed by atoms with Gasteiger partial charge in [0, 0.05) is 12.0 Å². The Morgan fingerprint density at radius 3 is 2.78 bits per heavy atom. The highest BCUT2D eigenvalue weighted by molar-refractivity contribution is 7.91. The molecule has 1 heterocycles. The predicted molar refractivity (Wildman–Crippen MR) is 81.6 cm³/mol. The van der Waals surface area contributed by atoms with Crippen LogP contribution in [0.3, 0.4) is 0 Å². The van der Waals surface area contributed by atoms with Gasteiger partial charge in [-0.3, -0.25) is 0 Å². The molecule has 0 spiro atoms. The van der Waals surface area contributed by atoms with Crippen LogP contribution in [0.15, 0.2) is 34.2 Å². The quantitative estimate of drug-likeness (QED) is 0.824. The third-order valence-electron chi connectivity index (χ3n) is 2.88. The van der Waals surface area contributed by atoms with Crippen molar-refractivity contribution < 1.29 is 18.3 Å². The van der Waals surface area contributed by atoms with Crippen molar-refractivity contribution in [3.8, 4) is 11.8 Å². The molecule has 0 aliphatic carbocycles. The second-order valence-electron chi connectivity index (χ2n) is 5.23. The summed E-state index contributed by atoms with van der Waals surface area (Å²) in [4.78, 5) is 11.0. The molecule has 8 heteroatoms. The van der Waals surface area contributed by atoms with E-state index in [2.05, 4.69) is 27.3 Å². The Labute approximate surface area is 133 Å². The maximum Gasteiger partial charge on any atom is 0.359 e. The fourth-order valence-corrected chi connectivity index (χ4v) is 3.08. The number of rotatable bonds is 4. The molecule has 0 saturated heterocycles. The monoisotopic (exact) mass is 333 g/mol. The molecule has 7 nitrogen and oxygen atoms in total. The van der Waals surface area contributed by atoms with Crippen LogP contribution in [0.2, 0.25) is 0 Å². The van der Waals surface area contributed by atoms with E-state index in [4.69, 9.17) is 5.11 Å². The number of sulfone groups is 1. The second kappa shape index (κ2) is 6.62. The lowest BCUT2D eigenvalue weighted by Gasteiger charge is -2.03. The minimum atomic E-state index is -4.06. The maximum absolute atomic E-state index is 12.5. The Hall–Kier alpha value is -2.66. The van der Waals surface area contributed by atoms with E-state index in [0.717, 1.165) is 0 Å². The van der Waals surface area contributed by atoms with E-state index in [0.29, 0.717) is 17.9 Å². The van der Waals surface area contributed by atoms with Crippen molar-refractivity contribution in [1.82, 2.24) is 15.4 Å². The van der Waals surface area contributed by atoms with Gasteiger partial charge in [-0.1, -0.05) is 37.0 Å². The minimum absolute atomic E-state index is 0.0672. The van der Waals surface area contributed by atoms with Crippen molar-refractivity contribution in [2.45, 2.75) is 30.2 Å². The number of H-pyrrole nitrogens is 1. The fourth-order valence-electron chi connectivity index (χ4n) is 1.76. The van der Waals surface area contributed by atoms with Crippen LogP contribution < -0.4 is 0 Å². The summed E-state index contributed by atoms with van der Waals surface area (Å²) in [5.74, 6) is 4.82. The number of nitrogens with one attached hydrogen (secondary N) is 1. The Bertz CT molecular complexity index is 889. The van der Waals surface area contributed by atoms with Gasteiger partial charge >= 0.3 is 5.97 Å². The lowest BCUT2D eigenvalue weighted by molar-refractivity contribution is 0.0686. The minimum Gasteiger partial charge on any atom is -0.476 e. The van der Waals surface area contributed by atoms with Crippen molar-refractivity contribution >= 4 is 15.8 Å². The summed E-state index contributed by atoms with van der Waals surface area (Å²) in [6.45, 7) is 4.07. The average molecular weight is 333 g/mol. The van der Waals surface area contributed by atoms with E-state index in [9.17, 15) is 13.2 Å². The molecule has 2 aromatic rings. The Morgan fingerprint density at radius 2 is 2.13 bits per heavy atom. The van der Waals surface area contributed by atoms with Gasteiger partial charge in [0.1, 0.15) is 0 Å². The zero-order chi connectivity index (χ0) is 17.0. The smallest absolute Gasteiger partial charge is 0.359 e. The molecule has 2 N–H and O–H groups in total. The molecule has 0 atom stereocenters. The molecule has 0 radical (unpaired) electrons. The fraction of sp³-hybridized carbons (Fsp3) is 0.267. The van der Waals surface area contributed by atoms with Gasteiger partial charge in [-0.05, 0) is 24.1 Å². The van der Waals surface area contributed by atoms with E-state index in [1.165, 1.54) is 12.1 Å². The molecule has 0 aliphatic rings.